The van der Waals surface area contributed by atoms with Gasteiger partial charge in [0.25, 0.3) is 5.69 Å². The molecule has 1 fully saturated rings. The number of rotatable bonds is 7. The summed E-state index contributed by atoms with van der Waals surface area (Å²) < 4.78 is 28.0. The Morgan fingerprint density at radius 3 is 2.12 bits per heavy atom. The maximum atomic E-state index is 10.7. The van der Waals surface area contributed by atoms with E-state index in [0.29, 0.717) is 12.2 Å². The number of benzene rings is 1. The number of non-ortho nitro benzene ring substituents is 1. The largest absolute Gasteiger partial charge is 0.462 e. The number of hydrogen-bond acceptors (Lipinski definition) is 7. The Hall–Kier alpha value is -0.450. The third-order valence-corrected chi connectivity index (χ3v) is 4.71. The number of ether oxygens (including phenoxy) is 2. The first kappa shape index (κ1) is 19.9. The van der Waals surface area contributed by atoms with Crippen LogP contribution in [-0.2, 0) is 18.3 Å². The highest BCUT2D eigenvalue weighted by atomic mass is 31.0. The van der Waals surface area contributed by atoms with E-state index < -0.39 is 23.4 Å². The van der Waals surface area contributed by atoms with E-state index in [2.05, 4.69) is 28.4 Å². The molecule has 24 heavy (non-hydrogen) atoms. The molecule has 0 saturated carbocycles. The molecule has 11 heteroatoms. The molecule has 1 aromatic rings. The van der Waals surface area contributed by atoms with E-state index in [-0.39, 0.29) is 17.9 Å². The van der Waals surface area contributed by atoms with Crippen molar-refractivity contribution in [1.82, 2.24) is 0 Å². The molecule has 2 rings (SSSR count). The molecule has 1 aliphatic rings. The van der Waals surface area contributed by atoms with Crippen molar-refractivity contribution in [2.45, 2.75) is 44.1 Å². The SMILES string of the molecule is CCC1OC(Oc2ccc([N+](=O)[O-])cc2)C(OP)C(OP)C1OP. The van der Waals surface area contributed by atoms with Crippen molar-refractivity contribution in [3.8, 4) is 5.75 Å². The Bertz CT molecular complexity index is 547. The van der Waals surface area contributed by atoms with Crippen LogP contribution in [0, 0.1) is 10.1 Å². The molecule has 8 atom stereocenters. The van der Waals surface area contributed by atoms with E-state index in [4.69, 9.17) is 23.0 Å². The van der Waals surface area contributed by atoms with Gasteiger partial charge in [0.1, 0.15) is 18.0 Å². The molecule has 0 N–H and O–H groups in total. The summed E-state index contributed by atoms with van der Waals surface area (Å²) in [6.07, 6.45) is -1.68. The Morgan fingerprint density at radius 2 is 1.67 bits per heavy atom. The molecule has 1 heterocycles. The molecule has 1 aliphatic heterocycles. The summed E-state index contributed by atoms with van der Waals surface area (Å²) in [6.45, 7) is 1.96. The first-order valence-corrected chi connectivity index (χ1v) is 8.60. The zero-order valence-electron chi connectivity index (χ0n) is 12.9. The lowest BCUT2D eigenvalue weighted by molar-refractivity contribution is -0.384. The van der Waals surface area contributed by atoms with E-state index in [1.54, 1.807) is 0 Å². The molecule has 0 spiro atoms. The van der Waals surface area contributed by atoms with E-state index >= 15 is 0 Å². The smallest absolute Gasteiger partial charge is 0.269 e. The van der Waals surface area contributed by atoms with Gasteiger partial charge in [-0.25, -0.2) is 0 Å². The molecule has 0 aliphatic carbocycles. The molecule has 0 bridgehead atoms. The lowest BCUT2D eigenvalue weighted by Gasteiger charge is -2.44. The summed E-state index contributed by atoms with van der Waals surface area (Å²) >= 11 is 0. The number of nitrogens with zero attached hydrogens (tertiary/aromatic N) is 1. The van der Waals surface area contributed by atoms with Gasteiger partial charge in [-0.05, 0) is 18.6 Å². The maximum Gasteiger partial charge on any atom is 0.269 e. The summed E-state index contributed by atoms with van der Waals surface area (Å²) in [4.78, 5) is 10.2. The first-order valence-electron chi connectivity index (χ1n) is 7.18. The average molecular weight is 395 g/mol. The number of nitro groups is 1. The van der Waals surface area contributed by atoms with Gasteiger partial charge in [-0.15, -0.1) is 0 Å². The van der Waals surface area contributed by atoms with Gasteiger partial charge >= 0.3 is 0 Å². The average Bonchev–Trinajstić information content (AvgIpc) is 2.60. The molecule has 0 radical (unpaired) electrons. The van der Waals surface area contributed by atoms with Gasteiger partial charge in [0.05, 0.1) is 11.0 Å². The van der Waals surface area contributed by atoms with Gasteiger partial charge < -0.3 is 23.0 Å². The Kier molecular flexibility index (Phi) is 7.70. The van der Waals surface area contributed by atoms with Crippen molar-refractivity contribution < 1.29 is 28.0 Å². The summed E-state index contributed by atoms with van der Waals surface area (Å²) in [5, 5.41) is 10.7. The van der Waals surface area contributed by atoms with Crippen LogP contribution in [0.4, 0.5) is 5.69 Å². The van der Waals surface area contributed by atoms with Gasteiger partial charge in [0, 0.05) is 40.5 Å². The van der Waals surface area contributed by atoms with E-state index in [1.165, 1.54) is 24.3 Å². The predicted octanol–water partition coefficient (Wildman–Crippen LogP) is 2.63. The zero-order chi connectivity index (χ0) is 17.7. The molecular weight excluding hydrogens is 375 g/mol. The molecular formula is C13H20NO7P3. The summed E-state index contributed by atoms with van der Waals surface area (Å²) in [6, 6.07) is 5.75. The van der Waals surface area contributed by atoms with Crippen LogP contribution in [0.3, 0.4) is 0 Å². The normalized spacial score (nSPS) is 30.1. The number of nitro benzene ring substituents is 1. The fourth-order valence-corrected chi connectivity index (χ4v) is 3.47. The van der Waals surface area contributed by atoms with Crippen LogP contribution in [0.15, 0.2) is 24.3 Å². The third kappa shape index (κ3) is 4.39. The minimum Gasteiger partial charge on any atom is -0.462 e. The quantitative estimate of drug-likeness (QED) is 0.398. The van der Waals surface area contributed by atoms with Crippen molar-refractivity contribution in [3.05, 3.63) is 34.4 Å². The van der Waals surface area contributed by atoms with Gasteiger partial charge in [0.15, 0.2) is 6.10 Å². The topological polar surface area (TPSA) is 89.3 Å². The molecule has 1 saturated heterocycles. The second-order valence-electron chi connectivity index (χ2n) is 5.12. The molecule has 8 unspecified atom stereocenters. The summed E-state index contributed by atoms with van der Waals surface area (Å²) in [5.74, 6) is 0.431. The highest BCUT2D eigenvalue weighted by Gasteiger charge is 2.47. The number of hydrogen-bond donors (Lipinski definition) is 0. The third-order valence-electron chi connectivity index (χ3n) is 3.76. The minimum atomic E-state index is -0.754. The van der Waals surface area contributed by atoms with Crippen molar-refractivity contribution in [3.63, 3.8) is 0 Å². The van der Waals surface area contributed by atoms with Crippen LogP contribution in [0.5, 0.6) is 5.75 Å². The monoisotopic (exact) mass is 395 g/mol. The highest BCUT2D eigenvalue weighted by molar-refractivity contribution is 7.10. The van der Waals surface area contributed by atoms with E-state index in [9.17, 15) is 10.1 Å². The summed E-state index contributed by atoms with van der Waals surface area (Å²) in [5.41, 5.74) is -0.0140. The summed E-state index contributed by atoms with van der Waals surface area (Å²) in [7, 11) is 6.60. The van der Waals surface area contributed by atoms with Crippen molar-refractivity contribution >= 4 is 34.1 Å². The maximum absolute atomic E-state index is 10.7. The standard InChI is InChI=1S/C13H20NO7P3/c1-2-9-10(19-22)11(20-23)12(21-24)13(18-9)17-8-5-3-7(4-6-8)14(15)16/h3-6,9-13H,2,22-24H2,1H3. The Balaban J connectivity index is 2.18. The van der Waals surface area contributed by atoms with Crippen molar-refractivity contribution in [1.29, 1.82) is 0 Å². The van der Waals surface area contributed by atoms with Crippen LogP contribution < -0.4 is 4.74 Å². The van der Waals surface area contributed by atoms with Gasteiger partial charge in [-0.3, -0.25) is 10.1 Å². The van der Waals surface area contributed by atoms with Crippen molar-refractivity contribution in [2.24, 2.45) is 0 Å². The van der Waals surface area contributed by atoms with Crippen LogP contribution in [0.25, 0.3) is 0 Å². The van der Waals surface area contributed by atoms with Crippen LogP contribution >= 0.6 is 28.4 Å². The highest BCUT2D eigenvalue weighted by Crippen LogP contribution is 2.34. The molecule has 0 amide bonds. The first-order chi connectivity index (χ1) is 11.5. The van der Waals surface area contributed by atoms with Crippen LogP contribution in [0.1, 0.15) is 13.3 Å². The fourth-order valence-electron chi connectivity index (χ4n) is 2.55. The molecule has 8 nitrogen and oxygen atoms in total. The molecule has 134 valence electrons. The molecule has 0 aromatic heterocycles. The lowest BCUT2D eigenvalue weighted by atomic mass is 9.97. The van der Waals surface area contributed by atoms with E-state index in [0.717, 1.165) is 0 Å². The van der Waals surface area contributed by atoms with Crippen molar-refractivity contribution in [2.75, 3.05) is 0 Å². The van der Waals surface area contributed by atoms with Crippen LogP contribution in [-0.4, -0.2) is 35.6 Å². The Labute approximate surface area is 146 Å². The van der Waals surface area contributed by atoms with Crippen LogP contribution in [0.2, 0.25) is 0 Å². The second kappa shape index (κ2) is 9.30. The van der Waals surface area contributed by atoms with E-state index in [1.807, 2.05) is 6.92 Å². The zero-order valence-corrected chi connectivity index (χ0v) is 16.4. The predicted molar refractivity (Wildman–Crippen MR) is 96.4 cm³/mol. The fraction of sp³-hybridized carbons (Fsp3) is 0.538. The van der Waals surface area contributed by atoms with Gasteiger partial charge in [-0.1, -0.05) is 6.92 Å². The lowest BCUT2D eigenvalue weighted by Crippen LogP contribution is -2.59. The van der Waals surface area contributed by atoms with Gasteiger partial charge in [0.2, 0.25) is 6.29 Å². The Morgan fingerprint density at radius 1 is 1.08 bits per heavy atom. The minimum absolute atomic E-state index is 0.0140. The van der Waals surface area contributed by atoms with Gasteiger partial charge in [-0.2, -0.15) is 0 Å². The molecule has 1 aromatic carbocycles. The second-order valence-corrected chi connectivity index (χ2v) is 5.94.